The number of nitrogens with one attached hydrogen (secondary N) is 1. The summed E-state index contributed by atoms with van der Waals surface area (Å²) >= 11 is 0. The molecule has 1 N–H and O–H groups in total. The van der Waals surface area contributed by atoms with Crippen LogP contribution in [0.15, 0.2) is 42.5 Å². The van der Waals surface area contributed by atoms with E-state index in [9.17, 15) is 4.79 Å². The zero-order valence-corrected chi connectivity index (χ0v) is 13.2. The van der Waals surface area contributed by atoms with Gasteiger partial charge in [0.2, 0.25) is 0 Å². The van der Waals surface area contributed by atoms with E-state index in [1.807, 2.05) is 56.3 Å². The van der Waals surface area contributed by atoms with Crippen molar-refractivity contribution in [3.8, 4) is 11.5 Å². The number of benzene rings is 2. The molecule has 0 fully saturated rings. The van der Waals surface area contributed by atoms with E-state index in [2.05, 4.69) is 5.32 Å². The number of aryl methyl sites for hydroxylation is 2. The van der Waals surface area contributed by atoms with E-state index < -0.39 is 0 Å². The number of rotatable bonds is 6. The summed E-state index contributed by atoms with van der Waals surface area (Å²) in [5.41, 5.74) is 2.97. The summed E-state index contributed by atoms with van der Waals surface area (Å²) in [6.45, 7) is 4.90. The second-order valence-electron chi connectivity index (χ2n) is 5.08. The van der Waals surface area contributed by atoms with Gasteiger partial charge in [-0.2, -0.15) is 0 Å². The van der Waals surface area contributed by atoms with Crippen molar-refractivity contribution in [3.05, 3.63) is 59.2 Å². The minimum Gasteiger partial charge on any atom is -0.497 e. The fourth-order valence-corrected chi connectivity index (χ4v) is 1.99. The molecule has 116 valence electrons. The molecule has 0 radical (unpaired) electrons. The number of carbonyl (C=O) groups is 1. The quantitative estimate of drug-likeness (QED) is 0.834. The van der Waals surface area contributed by atoms with Gasteiger partial charge in [0.05, 0.1) is 13.7 Å². The zero-order valence-electron chi connectivity index (χ0n) is 13.2. The van der Waals surface area contributed by atoms with Crippen molar-refractivity contribution in [2.45, 2.75) is 13.8 Å². The van der Waals surface area contributed by atoms with Crippen LogP contribution in [0, 0.1) is 13.8 Å². The van der Waals surface area contributed by atoms with Gasteiger partial charge in [-0.15, -0.1) is 0 Å². The second-order valence-corrected chi connectivity index (χ2v) is 5.08. The van der Waals surface area contributed by atoms with Gasteiger partial charge in [0, 0.05) is 5.56 Å². The molecule has 0 unspecified atom stereocenters. The molecule has 0 heterocycles. The molecule has 0 aliphatic rings. The van der Waals surface area contributed by atoms with Gasteiger partial charge in [0.25, 0.3) is 5.91 Å². The number of hydrogen-bond donors (Lipinski definition) is 1. The van der Waals surface area contributed by atoms with Crippen LogP contribution in [0.5, 0.6) is 11.5 Å². The fraction of sp³-hybridized carbons (Fsp3) is 0.278. The molecule has 2 rings (SSSR count). The molecule has 0 aliphatic heterocycles. The summed E-state index contributed by atoms with van der Waals surface area (Å²) < 4.78 is 10.6. The van der Waals surface area contributed by atoms with E-state index >= 15 is 0 Å². The van der Waals surface area contributed by atoms with Gasteiger partial charge >= 0.3 is 0 Å². The van der Waals surface area contributed by atoms with Crippen LogP contribution < -0.4 is 14.8 Å². The summed E-state index contributed by atoms with van der Waals surface area (Å²) in [5.74, 6) is 1.46. The summed E-state index contributed by atoms with van der Waals surface area (Å²) in [5, 5.41) is 2.85. The van der Waals surface area contributed by atoms with Crippen LogP contribution in [0.25, 0.3) is 0 Å². The van der Waals surface area contributed by atoms with Gasteiger partial charge in [0.1, 0.15) is 18.1 Å². The topological polar surface area (TPSA) is 47.6 Å². The first-order valence-electron chi connectivity index (χ1n) is 7.22. The van der Waals surface area contributed by atoms with Gasteiger partial charge in [0.15, 0.2) is 0 Å². The van der Waals surface area contributed by atoms with E-state index in [4.69, 9.17) is 9.47 Å². The monoisotopic (exact) mass is 299 g/mol. The maximum atomic E-state index is 12.0. The van der Waals surface area contributed by atoms with Crippen molar-refractivity contribution in [1.82, 2.24) is 5.32 Å². The number of carbonyl (C=O) groups excluding carboxylic acids is 1. The highest BCUT2D eigenvalue weighted by Crippen LogP contribution is 2.16. The molecule has 22 heavy (non-hydrogen) atoms. The van der Waals surface area contributed by atoms with Crippen LogP contribution in [0.1, 0.15) is 21.5 Å². The molecule has 4 heteroatoms. The SMILES string of the molecule is COc1ccc(OCCNC(=O)c2ccc(C)c(C)c2)cc1. The Morgan fingerprint density at radius 3 is 2.32 bits per heavy atom. The average Bonchev–Trinajstić information content (AvgIpc) is 2.54. The van der Waals surface area contributed by atoms with Crippen LogP contribution in [-0.4, -0.2) is 26.2 Å². The van der Waals surface area contributed by atoms with Crippen molar-refractivity contribution >= 4 is 5.91 Å². The number of amides is 1. The van der Waals surface area contributed by atoms with E-state index in [0.29, 0.717) is 18.7 Å². The van der Waals surface area contributed by atoms with E-state index in [1.165, 1.54) is 5.56 Å². The van der Waals surface area contributed by atoms with Crippen LogP contribution in [0.4, 0.5) is 0 Å². The minimum atomic E-state index is -0.0820. The second kappa shape index (κ2) is 7.50. The zero-order chi connectivity index (χ0) is 15.9. The lowest BCUT2D eigenvalue weighted by atomic mass is 10.1. The smallest absolute Gasteiger partial charge is 0.251 e. The molecular formula is C18H21NO3. The lowest BCUT2D eigenvalue weighted by Crippen LogP contribution is -2.28. The Kier molecular flexibility index (Phi) is 5.42. The third-order valence-electron chi connectivity index (χ3n) is 3.48. The predicted molar refractivity (Wildman–Crippen MR) is 86.7 cm³/mol. The molecule has 0 saturated heterocycles. The summed E-state index contributed by atoms with van der Waals surface area (Å²) in [6.07, 6.45) is 0. The first-order valence-corrected chi connectivity index (χ1v) is 7.22. The molecule has 0 atom stereocenters. The third kappa shape index (κ3) is 4.25. The Balaban J connectivity index is 1.77. The molecule has 0 saturated carbocycles. The maximum absolute atomic E-state index is 12.0. The Labute approximate surface area is 131 Å². The minimum absolute atomic E-state index is 0.0820. The molecule has 0 spiro atoms. The molecule has 0 aliphatic carbocycles. The normalized spacial score (nSPS) is 10.1. The number of methoxy groups -OCH3 is 1. The van der Waals surface area contributed by atoms with E-state index in [1.54, 1.807) is 7.11 Å². The number of ether oxygens (including phenoxy) is 2. The lowest BCUT2D eigenvalue weighted by molar-refractivity contribution is 0.0947. The highest BCUT2D eigenvalue weighted by atomic mass is 16.5. The first kappa shape index (κ1) is 15.9. The first-order chi connectivity index (χ1) is 10.6. The van der Waals surface area contributed by atoms with Gasteiger partial charge in [-0.25, -0.2) is 0 Å². The summed E-state index contributed by atoms with van der Waals surface area (Å²) in [7, 11) is 1.62. The molecule has 0 aromatic heterocycles. The average molecular weight is 299 g/mol. The van der Waals surface area contributed by atoms with Crippen molar-refractivity contribution in [3.63, 3.8) is 0 Å². The Hall–Kier alpha value is -2.49. The fourth-order valence-electron chi connectivity index (χ4n) is 1.99. The van der Waals surface area contributed by atoms with Crippen LogP contribution in [0.3, 0.4) is 0 Å². The molecule has 2 aromatic carbocycles. The molecule has 2 aromatic rings. The highest BCUT2D eigenvalue weighted by molar-refractivity contribution is 5.94. The standard InChI is InChI=1S/C18H21NO3/c1-13-4-5-15(12-14(13)2)18(20)19-10-11-22-17-8-6-16(21-3)7-9-17/h4-9,12H,10-11H2,1-3H3,(H,19,20). The Bertz CT molecular complexity index is 635. The predicted octanol–water partition coefficient (Wildman–Crippen LogP) is 3.12. The Morgan fingerprint density at radius 2 is 1.68 bits per heavy atom. The summed E-state index contributed by atoms with van der Waals surface area (Å²) in [6, 6.07) is 13.0. The van der Waals surface area contributed by atoms with Crippen molar-refractivity contribution in [1.29, 1.82) is 0 Å². The Morgan fingerprint density at radius 1 is 1.00 bits per heavy atom. The lowest BCUT2D eigenvalue weighted by Gasteiger charge is -2.09. The van der Waals surface area contributed by atoms with Crippen LogP contribution in [0.2, 0.25) is 0 Å². The van der Waals surface area contributed by atoms with E-state index in [0.717, 1.165) is 17.1 Å². The third-order valence-corrected chi connectivity index (χ3v) is 3.48. The van der Waals surface area contributed by atoms with Crippen molar-refractivity contribution < 1.29 is 14.3 Å². The van der Waals surface area contributed by atoms with Crippen LogP contribution in [-0.2, 0) is 0 Å². The van der Waals surface area contributed by atoms with Gasteiger partial charge < -0.3 is 14.8 Å². The van der Waals surface area contributed by atoms with Gasteiger partial charge in [-0.3, -0.25) is 4.79 Å². The maximum Gasteiger partial charge on any atom is 0.251 e. The number of hydrogen-bond acceptors (Lipinski definition) is 3. The van der Waals surface area contributed by atoms with E-state index in [-0.39, 0.29) is 5.91 Å². The van der Waals surface area contributed by atoms with Crippen molar-refractivity contribution in [2.75, 3.05) is 20.3 Å². The summed E-state index contributed by atoms with van der Waals surface area (Å²) in [4.78, 5) is 12.0. The molecule has 4 nitrogen and oxygen atoms in total. The molecule has 1 amide bonds. The molecular weight excluding hydrogens is 278 g/mol. The largest absolute Gasteiger partial charge is 0.497 e. The molecule has 0 bridgehead atoms. The van der Waals surface area contributed by atoms with Gasteiger partial charge in [-0.05, 0) is 61.4 Å². The van der Waals surface area contributed by atoms with Crippen LogP contribution >= 0.6 is 0 Å². The van der Waals surface area contributed by atoms with Gasteiger partial charge in [-0.1, -0.05) is 6.07 Å². The highest BCUT2D eigenvalue weighted by Gasteiger charge is 2.06. The van der Waals surface area contributed by atoms with Crippen molar-refractivity contribution in [2.24, 2.45) is 0 Å².